The summed E-state index contributed by atoms with van der Waals surface area (Å²) in [6, 6.07) is 0. The molecule has 2 N–H and O–H groups in total. The lowest BCUT2D eigenvalue weighted by Gasteiger charge is -1.99. The number of carbonyl (C=O) groups excluding carboxylic acids is 1. The van der Waals surface area contributed by atoms with Gasteiger partial charge in [0.15, 0.2) is 0 Å². The number of nitrogens with one attached hydrogen (secondary N) is 2. The molecule has 0 radical (unpaired) electrons. The zero-order valence-electron chi connectivity index (χ0n) is 7.18. The lowest BCUT2D eigenvalue weighted by atomic mass is 10.3. The summed E-state index contributed by atoms with van der Waals surface area (Å²) in [5, 5.41) is 0. The summed E-state index contributed by atoms with van der Waals surface area (Å²) in [5.41, 5.74) is 5.24. The maximum Gasteiger partial charge on any atom is 0.230 e. The minimum absolute atomic E-state index is 0.0612. The van der Waals surface area contributed by atoms with Crippen molar-refractivity contribution in [2.24, 2.45) is 0 Å². The Morgan fingerprint density at radius 3 is 2.73 bits per heavy atom. The van der Waals surface area contributed by atoms with Crippen molar-refractivity contribution in [3.05, 3.63) is 12.2 Å². The lowest BCUT2D eigenvalue weighted by molar-refractivity contribution is -0.119. The maximum absolute atomic E-state index is 10.3. The van der Waals surface area contributed by atoms with Gasteiger partial charge in [0.25, 0.3) is 0 Å². The SMILES string of the molecule is CCC/C=C/CNNC(C)=O. The number of amides is 1. The Hall–Kier alpha value is -0.830. The molecule has 1 amide bonds. The van der Waals surface area contributed by atoms with Crippen LogP contribution in [-0.4, -0.2) is 12.5 Å². The van der Waals surface area contributed by atoms with Gasteiger partial charge in [0.1, 0.15) is 0 Å². The fourth-order valence-corrected chi connectivity index (χ4v) is 0.602. The van der Waals surface area contributed by atoms with Gasteiger partial charge >= 0.3 is 0 Å². The zero-order chi connectivity index (χ0) is 8.53. The zero-order valence-corrected chi connectivity index (χ0v) is 7.18. The Kier molecular flexibility index (Phi) is 6.73. The highest BCUT2D eigenvalue weighted by Gasteiger charge is 1.83. The fourth-order valence-electron chi connectivity index (χ4n) is 0.602. The van der Waals surface area contributed by atoms with Gasteiger partial charge in [-0.05, 0) is 6.42 Å². The summed E-state index contributed by atoms with van der Waals surface area (Å²) in [6.45, 7) is 4.30. The highest BCUT2D eigenvalue weighted by Crippen LogP contribution is 1.86. The molecule has 0 spiro atoms. The second-order valence-electron chi connectivity index (χ2n) is 2.32. The largest absolute Gasteiger partial charge is 0.292 e. The number of rotatable bonds is 5. The first kappa shape index (κ1) is 10.2. The van der Waals surface area contributed by atoms with E-state index in [1.165, 1.54) is 6.92 Å². The van der Waals surface area contributed by atoms with Crippen LogP contribution in [0.3, 0.4) is 0 Å². The normalized spacial score (nSPS) is 10.4. The minimum atomic E-state index is -0.0612. The Balaban J connectivity index is 3.07. The van der Waals surface area contributed by atoms with Crippen LogP contribution < -0.4 is 10.9 Å². The van der Waals surface area contributed by atoms with Gasteiger partial charge in [-0.15, -0.1) is 0 Å². The molecule has 11 heavy (non-hydrogen) atoms. The molecule has 0 rings (SSSR count). The molecule has 0 fully saturated rings. The van der Waals surface area contributed by atoms with E-state index in [1.54, 1.807) is 0 Å². The van der Waals surface area contributed by atoms with Crippen molar-refractivity contribution in [1.29, 1.82) is 0 Å². The number of unbranched alkanes of at least 4 members (excludes halogenated alkanes) is 1. The standard InChI is InChI=1S/C8H16N2O/c1-3-4-5-6-7-9-10-8(2)11/h5-6,9H,3-4,7H2,1-2H3,(H,10,11)/b6-5+. The average Bonchev–Trinajstić information content (AvgIpc) is 1.96. The fraction of sp³-hybridized carbons (Fsp3) is 0.625. The first-order valence-corrected chi connectivity index (χ1v) is 3.91. The van der Waals surface area contributed by atoms with Crippen LogP contribution in [-0.2, 0) is 4.79 Å². The van der Waals surface area contributed by atoms with Crippen molar-refractivity contribution in [1.82, 2.24) is 10.9 Å². The summed E-state index contributed by atoms with van der Waals surface area (Å²) in [5.74, 6) is -0.0612. The van der Waals surface area contributed by atoms with Crippen molar-refractivity contribution in [2.45, 2.75) is 26.7 Å². The second kappa shape index (κ2) is 7.28. The van der Waals surface area contributed by atoms with E-state index < -0.39 is 0 Å². The van der Waals surface area contributed by atoms with Crippen LogP contribution in [0.4, 0.5) is 0 Å². The molecule has 3 heteroatoms. The van der Waals surface area contributed by atoms with Crippen molar-refractivity contribution in [2.75, 3.05) is 6.54 Å². The van der Waals surface area contributed by atoms with Crippen molar-refractivity contribution >= 4 is 5.91 Å². The quantitative estimate of drug-likeness (QED) is 0.354. The third-order valence-corrected chi connectivity index (χ3v) is 1.11. The lowest BCUT2D eigenvalue weighted by Crippen LogP contribution is -2.35. The molecule has 0 unspecified atom stereocenters. The molecule has 3 nitrogen and oxygen atoms in total. The van der Waals surface area contributed by atoms with E-state index in [0.717, 1.165) is 12.8 Å². The van der Waals surface area contributed by atoms with Crippen LogP contribution in [0.15, 0.2) is 12.2 Å². The van der Waals surface area contributed by atoms with E-state index in [9.17, 15) is 4.79 Å². The van der Waals surface area contributed by atoms with E-state index in [4.69, 9.17) is 0 Å². The van der Waals surface area contributed by atoms with E-state index in [0.29, 0.717) is 6.54 Å². The van der Waals surface area contributed by atoms with Gasteiger partial charge in [-0.2, -0.15) is 0 Å². The summed E-state index contributed by atoms with van der Waals surface area (Å²) >= 11 is 0. The van der Waals surface area contributed by atoms with Crippen LogP contribution in [0.1, 0.15) is 26.7 Å². The molecular weight excluding hydrogens is 140 g/mol. The van der Waals surface area contributed by atoms with Crippen LogP contribution in [0, 0.1) is 0 Å². The first-order valence-electron chi connectivity index (χ1n) is 3.91. The van der Waals surface area contributed by atoms with E-state index in [-0.39, 0.29) is 5.91 Å². The monoisotopic (exact) mass is 156 g/mol. The van der Waals surface area contributed by atoms with Crippen molar-refractivity contribution in [3.63, 3.8) is 0 Å². The third kappa shape index (κ3) is 9.17. The number of hydrogen-bond donors (Lipinski definition) is 2. The van der Waals surface area contributed by atoms with E-state index in [1.807, 2.05) is 6.08 Å². The first-order chi connectivity index (χ1) is 5.27. The molecule has 64 valence electrons. The van der Waals surface area contributed by atoms with Gasteiger partial charge < -0.3 is 0 Å². The van der Waals surface area contributed by atoms with Crippen LogP contribution in [0.5, 0.6) is 0 Å². The molecule has 0 aliphatic carbocycles. The smallest absolute Gasteiger partial charge is 0.230 e. The van der Waals surface area contributed by atoms with Crippen molar-refractivity contribution < 1.29 is 4.79 Å². The Morgan fingerprint density at radius 2 is 2.18 bits per heavy atom. The van der Waals surface area contributed by atoms with Gasteiger partial charge in [0, 0.05) is 13.5 Å². The molecule has 0 atom stereocenters. The predicted molar refractivity (Wildman–Crippen MR) is 45.9 cm³/mol. The third-order valence-electron chi connectivity index (χ3n) is 1.11. The molecule has 0 heterocycles. The predicted octanol–water partition coefficient (Wildman–Crippen LogP) is 0.983. The average molecular weight is 156 g/mol. The van der Waals surface area contributed by atoms with Gasteiger partial charge in [-0.25, -0.2) is 5.43 Å². The summed E-state index contributed by atoms with van der Waals surface area (Å²) < 4.78 is 0. The minimum Gasteiger partial charge on any atom is -0.292 e. The van der Waals surface area contributed by atoms with Gasteiger partial charge in [0.2, 0.25) is 5.91 Å². The molecule has 0 saturated carbocycles. The molecule has 0 aliphatic rings. The van der Waals surface area contributed by atoms with Crippen LogP contribution >= 0.6 is 0 Å². The maximum atomic E-state index is 10.3. The Bertz CT molecular complexity index is 132. The highest BCUT2D eigenvalue weighted by atomic mass is 16.2. The molecule has 0 bridgehead atoms. The number of hydrogen-bond acceptors (Lipinski definition) is 2. The molecule has 0 aromatic carbocycles. The number of hydrazine groups is 1. The number of carbonyl (C=O) groups is 1. The molecule has 0 aromatic heterocycles. The molecule has 0 aromatic rings. The highest BCUT2D eigenvalue weighted by molar-refractivity contribution is 5.72. The van der Waals surface area contributed by atoms with Crippen LogP contribution in [0.2, 0.25) is 0 Å². The van der Waals surface area contributed by atoms with Crippen molar-refractivity contribution in [3.8, 4) is 0 Å². The van der Waals surface area contributed by atoms with Gasteiger partial charge in [0.05, 0.1) is 0 Å². The summed E-state index contributed by atoms with van der Waals surface area (Å²) in [7, 11) is 0. The van der Waals surface area contributed by atoms with E-state index in [2.05, 4.69) is 23.9 Å². The Morgan fingerprint density at radius 1 is 1.45 bits per heavy atom. The van der Waals surface area contributed by atoms with Gasteiger partial charge in [-0.3, -0.25) is 10.2 Å². The Labute approximate surface area is 67.8 Å². The molecular formula is C8H16N2O. The van der Waals surface area contributed by atoms with Gasteiger partial charge in [-0.1, -0.05) is 25.5 Å². The molecule has 0 aliphatic heterocycles. The topological polar surface area (TPSA) is 41.1 Å². The summed E-state index contributed by atoms with van der Waals surface area (Å²) in [4.78, 5) is 10.3. The van der Waals surface area contributed by atoms with E-state index >= 15 is 0 Å². The molecule has 0 saturated heterocycles. The number of allylic oxidation sites excluding steroid dienone is 1. The van der Waals surface area contributed by atoms with Crippen LogP contribution in [0.25, 0.3) is 0 Å². The summed E-state index contributed by atoms with van der Waals surface area (Å²) in [6.07, 6.45) is 6.35. The second-order valence-corrected chi connectivity index (χ2v) is 2.32.